The molecule has 1 unspecified atom stereocenters. The molecule has 4 heteroatoms. The molecule has 0 aliphatic carbocycles. The highest BCUT2D eigenvalue weighted by atomic mass is 32.2. The Morgan fingerprint density at radius 3 is 2.50 bits per heavy atom. The molecule has 0 aromatic heterocycles. The van der Waals surface area contributed by atoms with Crippen molar-refractivity contribution < 1.29 is 4.79 Å². The van der Waals surface area contributed by atoms with Crippen LogP contribution in [0.5, 0.6) is 0 Å². The number of para-hydroxylation sites is 1. The van der Waals surface area contributed by atoms with Gasteiger partial charge in [-0.05, 0) is 38.2 Å². The van der Waals surface area contributed by atoms with E-state index < -0.39 is 0 Å². The molecule has 2 rings (SSSR count). The van der Waals surface area contributed by atoms with Gasteiger partial charge in [0.25, 0.3) is 0 Å². The number of carbonyl (C=O) groups is 1. The Labute approximate surface area is 126 Å². The van der Waals surface area contributed by atoms with Gasteiger partial charge in [-0.25, -0.2) is 0 Å². The van der Waals surface area contributed by atoms with Crippen LogP contribution in [-0.4, -0.2) is 36.2 Å². The Kier molecular flexibility index (Phi) is 5.77. The summed E-state index contributed by atoms with van der Waals surface area (Å²) in [5.41, 5.74) is 1.05. The van der Waals surface area contributed by atoms with E-state index in [0.29, 0.717) is 0 Å². The number of nitrogens with zero attached hydrogens (tertiary/aromatic N) is 1. The second-order valence-electron chi connectivity index (χ2n) is 5.31. The molecule has 1 saturated heterocycles. The van der Waals surface area contributed by atoms with Crippen LogP contribution in [0.2, 0.25) is 0 Å². The number of carbonyl (C=O) groups excluding carboxylic acids is 1. The number of nitrogens with one attached hydrogen (secondary N) is 1. The van der Waals surface area contributed by atoms with Crippen LogP contribution in [0.3, 0.4) is 0 Å². The number of benzene rings is 1. The molecule has 3 nitrogen and oxygen atoms in total. The zero-order chi connectivity index (χ0) is 14.4. The molecule has 0 saturated carbocycles. The third-order valence-electron chi connectivity index (χ3n) is 3.77. The van der Waals surface area contributed by atoms with Crippen LogP contribution in [0, 0.1) is 0 Å². The molecule has 1 aromatic rings. The second kappa shape index (κ2) is 7.58. The first-order valence-electron chi connectivity index (χ1n) is 7.40. The fourth-order valence-corrected chi connectivity index (χ4v) is 3.19. The summed E-state index contributed by atoms with van der Waals surface area (Å²) in [6, 6.07) is 7.99. The summed E-state index contributed by atoms with van der Waals surface area (Å²) in [5, 5.41) is 3.37. The lowest BCUT2D eigenvalue weighted by Gasteiger charge is -2.25. The van der Waals surface area contributed by atoms with E-state index in [9.17, 15) is 4.79 Å². The first-order valence-corrected chi connectivity index (χ1v) is 8.63. The van der Waals surface area contributed by atoms with Crippen molar-refractivity contribution in [2.75, 3.05) is 24.7 Å². The Morgan fingerprint density at radius 1 is 1.20 bits per heavy atom. The molecule has 0 spiro atoms. The summed E-state index contributed by atoms with van der Waals surface area (Å²) in [6.07, 6.45) is 6.84. The van der Waals surface area contributed by atoms with Gasteiger partial charge < -0.3 is 10.2 Å². The SMILES string of the molecule is CSc1ccccc1NC(C)C(=O)N1CCCCCC1. The lowest BCUT2D eigenvalue weighted by molar-refractivity contribution is -0.131. The zero-order valence-electron chi connectivity index (χ0n) is 12.4. The molecule has 1 aliphatic rings. The van der Waals surface area contributed by atoms with Crippen LogP contribution in [0.15, 0.2) is 29.2 Å². The van der Waals surface area contributed by atoms with Gasteiger partial charge in [0.1, 0.15) is 6.04 Å². The van der Waals surface area contributed by atoms with Crippen molar-refractivity contribution in [3.63, 3.8) is 0 Å². The highest BCUT2D eigenvalue weighted by Crippen LogP contribution is 2.25. The van der Waals surface area contributed by atoms with Gasteiger partial charge in [-0.3, -0.25) is 4.79 Å². The second-order valence-corrected chi connectivity index (χ2v) is 6.15. The monoisotopic (exact) mass is 292 g/mol. The molecule has 110 valence electrons. The lowest BCUT2D eigenvalue weighted by Crippen LogP contribution is -2.41. The maximum atomic E-state index is 12.5. The predicted octanol–water partition coefficient (Wildman–Crippen LogP) is 3.61. The van der Waals surface area contributed by atoms with E-state index >= 15 is 0 Å². The predicted molar refractivity (Wildman–Crippen MR) is 86.4 cm³/mol. The quantitative estimate of drug-likeness (QED) is 0.860. The molecule has 1 N–H and O–H groups in total. The molecular weight excluding hydrogens is 268 g/mol. The minimum absolute atomic E-state index is 0.165. The van der Waals surface area contributed by atoms with E-state index in [1.54, 1.807) is 11.8 Å². The van der Waals surface area contributed by atoms with Crippen LogP contribution in [-0.2, 0) is 4.79 Å². The normalized spacial score (nSPS) is 17.4. The largest absolute Gasteiger partial charge is 0.373 e. The topological polar surface area (TPSA) is 32.3 Å². The molecule has 20 heavy (non-hydrogen) atoms. The van der Waals surface area contributed by atoms with Crippen LogP contribution in [0.1, 0.15) is 32.6 Å². The Balaban J connectivity index is 1.99. The van der Waals surface area contributed by atoms with E-state index in [1.807, 2.05) is 30.0 Å². The van der Waals surface area contributed by atoms with Crippen molar-refractivity contribution in [1.82, 2.24) is 4.90 Å². The Morgan fingerprint density at radius 2 is 1.85 bits per heavy atom. The maximum absolute atomic E-state index is 12.5. The summed E-state index contributed by atoms with van der Waals surface area (Å²) >= 11 is 1.70. The summed E-state index contributed by atoms with van der Waals surface area (Å²) in [5.74, 6) is 0.225. The number of hydrogen-bond acceptors (Lipinski definition) is 3. The maximum Gasteiger partial charge on any atom is 0.244 e. The van der Waals surface area contributed by atoms with Crippen LogP contribution < -0.4 is 5.32 Å². The number of amides is 1. The average molecular weight is 292 g/mol. The van der Waals surface area contributed by atoms with Crippen molar-refractivity contribution in [1.29, 1.82) is 0 Å². The van der Waals surface area contributed by atoms with Crippen molar-refractivity contribution in [3.05, 3.63) is 24.3 Å². The Hall–Kier alpha value is -1.16. The van der Waals surface area contributed by atoms with Crippen LogP contribution in [0.4, 0.5) is 5.69 Å². The lowest BCUT2D eigenvalue weighted by atomic mass is 10.2. The number of rotatable bonds is 4. The smallest absolute Gasteiger partial charge is 0.244 e. The van der Waals surface area contributed by atoms with Gasteiger partial charge in [-0.2, -0.15) is 0 Å². The summed E-state index contributed by atoms with van der Waals surface area (Å²) in [7, 11) is 0. The third kappa shape index (κ3) is 3.92. The molecule has 1 amide bonds. The molecule has 0 radical (unpaired) electrons. The molecule has 0 bridgehead atoms. The highest BCUT2D eigenvalue weighted by molar-refractivity contribution is 7.98. The summed E-state index contributed by atoms with van der Waals surface area (Å²) in [6.45, 7) is 3.79. The Bertz CT molecular complexity index is 442. The van der Waals surface area contributed by atoms with Crippen LogP contribution >= 0.6 is 11.8 Å². The van der Waals surface area contributed by atoms with E-state index in [4.69, 9.17) is 0 Å². The van der Waals surface area contributed by atoms with Crippen molar-refractivity contribution in [2.24, 2.45) is 0 Å². The summed E-state index contributed by atoms with van der Waals surface area (Å²) < 4.78 is 0. The van der Waals surface area contributed by atoms with Crippen LogP contribution in [0.25, 0.3) is 0 Å². The van der Waals surface area contributed by atoms with E-state index in [0.717, 1.165) is 31.6 Å². The minimum atomic E-state index is -0.165. The first-order chi connectivity index (χ1) is 9.72. The fourth-order valence-electron chi connectivity index (χ4n) is 2.62. The van der Waals surface area contributed by atoms with E-state index in [-0.39, 0.29) is 11.9 Å². The van der Waals surface area contributed by atoms with Crippen molar-refractivity contribution >= 4 is 23.4 Å². The molecular formula is C16H24N2OS. The molecule has 1 atom stereocenters. The van der Waals surface area contributed by atoms with E-state index in [1.165, 1.54) is 17.7 Å². The summed E-state index contributed by atoms with van der Waals surface area (Å²) in [4.78, 5) is 15.7. The molecule has 1 fully saturated rings. The number of likely N-dealkylation sites (tertiary alicyclic amines) is 1. The van der Waals surface area contributed by atoms with Gasteiger partial charge in [0.15, 0.2) is 0 Å². The fraction of sp³-hybridized carbons (Fsp3) is 0.562. The van der Waals surface area contributed by atoms with Gasteiger partial charge in [-0.1, -0.05) is 25.0 Å². The molecule has 1 heterocycles. The van der Waals surface area contributed by atoms with Gasteiger partial charge in [0.2, 0.25) is 5.91 Å². The zero-order valence-corrected chi connectivity index (χ0v) is 13.2. The van der Waals surface area contributed by atoms with E-state index in [2.05, 4.69) is 17.6 Å². The van der Waals surface area contributed by atoms with Gasteiger partial charge in [-0.15, -0.1) is 11.8 Å². The minimum Gasteiger partial charge on any atom is -0.373 e. The number of thioether (sulfide) groups is 1. The van der Waals surface area contributed by atoms with Crippen molar-refractivity contribution in [2.45, 2.75) is 43.5 Å². The highest BCUT2D eigenvalue weighted by Gasteiger charge is 2.21. The standard InChI is InChI=1S/C16H24N2OS/c1-13(16(19)18-11-7-3-4-8-12-18)17-14-9-5-6-10-15(14)20-2/h5-6,9-10,13,17H,3-4,7-8,11-12H2,1-2H3. The van der Waals surface area contributed by atoms with Gasteiger partial charge in [0, 0.05) is 23.7 Å². The molecule has 1 aromatic carbocycles. The third-order valence-corrected chi connectivity index (χ3v) is 4.56. The molecule has 1 aliphatic heterocycles. The number of hydrogen-bond donors (Lipinski definition) is 1. The number of anilines is 1. The first kappa shape index (κ1) is 15.2. The van der Waals surface area contributed by atoms with Crippen molar-refractivity contribution in [3.8, 4) is 0 Å². The van der Waals surface area contributed by atoms with Gasteiger partial charge in [0.05, 0.1) is 0 Å². The average Bonchev–Trinajstić information content (AvgIpc) is 2.76. The van der Waals surface area contributed by atoms with Gasteiger partial charge >= 0.3 is 0 Å².